The molecule has 0 aliphatic carbocycles. The number of hydrogen-bond donors (Lipinski definition) is 0. The van der Waals surface area contributed by atoms with Crippen LogP contribution in [0.1, 0.15) is 33.1 Å². The third-order valence-electron chi connectivity index (χ3n) is 2.48. The van der Waals surface area contributed by atoms with Crippen molar-refractivity contribution in [2.24, 2.45) is 5.92 Å². The molecule has 0 rings (SSSR count). The van der Waals surface area contributed by atoms with Gasteiger partial charge in [-0.1, -0.05) is 29.8 Å². The zero-order valence-corrected chi connectivity index (χ0v) is 11.6. The van der Waals surface area contributed by atoms with E-state index >= 15 is 0 Å². The van der Waals surface area contributed by atoms with E-state index in [1.54, 1.807) is 0 Å². The van der Waals surface area contributed by atoms with E-state index in [0.717, 1.165) is 24.6 Å². The Morgan fingerprint density at radius 3 is 2.25 bits per heavy atom. The molecule has 0 N–H and O–H groups in total. The van der Waals surface area contributed by atoms with E-state index in [0.29, 0.717) is 19.0 Å². The molecule has 0 saturated heterocycles. The van der Waals surface area contributed by atoms with Crippen LogP contribution in [0.2, 0.25) is 0 Å². The lowest BCUT2D eigenvalue weighted by Gasteiger charge is -2.24. The van der Waals surface area contributed by atoms with Crippen LogP contribution in [0.3, 0.4) is 0 Å². The Balaban J connectivity index is 3.93. The number of hydrogen-bond acceptors (Lipinski definition) is 1. The number of alkyl halides is 4. The van der Waals surface area contributed by atoms with Crippen molar-refractivity contribution in [2.75, 3.05) is 25.0 Å². The molecule has 0 spiro atoms. The average Bonchev–Trinajstić information content (AvgIpc) is 2.13. The van der Waals surface area contributed by atoms with Gasteiger partial charge in [0.25, 0.3) is 0 Å². The van der Waals surface area contributed by atoms with Gasteiger partial charge in [-0.25, -0.2) is 0 Å². The Morgan fingerprint density at radius 1 is 1.19 bits per heavy atom. The van der Waals surface area contributed by atoms with Gasteiger partial charge in [-0.2, -0.15) is 13.2 Å². The molecule has 1 unspecified atom stereocenters. The summed E-state index contributed by atoms with van der Waals surface area (Å²) in [5.74, 6) is 0.479. The first-order valence-corrected chi connectivity index (χ1v) is 6.86. The van der Waals surface area contributed by atoms with Gasteiger partial charge >= 0.3 is 6.18 Å². The second kappa shape index (κ2) is 8.34. The maximum Gasteiger partial charge on any atom is 0.401 e. The molecule has 5 heteroatoms. The van der Waals surface area contributed by atoms with E-state index in [9.17, 15) is 13.2 Å². The summed E-state index contributed by atoms with van der Waals surface area (Å²) in [6.07, 6.45) is -1.45. The van der Waals surface area contributed by atoms with Gasteiger partial charge in [-0.15, -0.1) is 0 Å². The predicted octanol–water partition coefficient (Wildman–Crippen LogP) is 4.07. The van der Waals surface area contributed by atoms with E-state index in [4.69, 9.17) is 0 Å². The van der Waals surface area contributed by atoms with E-state index in [1.807, 2.05) is 6.92 Å². The van der Waals surface area contributed by atoms with Crippen LogP contribution in [0.15, 0.2) is 0 Å². The molecule has 0 bridgehead atoms. The lowest BCUT2D eigenvalue weighted by atomic mass is 10.1. The molecule has 0 heterocycles. The Morgan fingerprint density at radius 2 is 1.81 bits per heavy atom. The minimum Gasteiger partial charge on any atom is -0.295 e. The van der Waals surface area contributed by atoms with Gasteiger partial charge in [0.15, 0.2) is 0 Å². The molecular formula is C11H21BrF3N. The van der Waals surface area contributed by atoms with Crippen molar-refractivity contribution in [3.05, 3.63) is 0 Å². The fraction of sp³-hybridized carbons (Fsp3) is 1.00. The summed E-state index contributed by atoms with van der Waals surface area (Å²) in [6, 6.07) is 0. The highest BCUT2D eigenvalue weighted by Crippen LogP contribution is 2.18. The van der Waals surface area contributed by atoms with Crippen molar-refractivity contribution < 1.29 is 13.2 Å². The van der Waals surface area contributed by atoms with Gasteiger partial charge in [0.1, 0.15) is 0 Å². The number of rotatable bonds is 8. The molecule has 98 valence electrons. The Hall–Kier alpha value is 0.230. The molecule has 0 fully saturated rings. The molecule has 1 atom stereocenters. The molecule has 0 aliphatic rings. The van der Waals surface area contributed by atoms with Gasteiger partial charge in [0, 0.05) is 5.33 Å². The summed E-state index contributed by atoms with van der Waals surface area (Å²) in [6.45, 7) is 4.29. The maximum absolute atomic E-state index is 12.3. The minimum atomic E-state index is -4.08. The lowest BCUT2D eigenvalue weighted by molar-refractivity contribution is -0.146. The topological polar surface area (TPSA) is 3.24 Å². The van der Waals surface area contributed by atoms with Crippen LogP contribution in [0, 0.1) is 5.92 Å². The minimum absolute atomic E-state index is 0.479. The normalized spacial score (nSPS) is 14.4. The Kier molecular flexibility index (Phi) is 8.46. The van der Waals surface area contributed by atoms with Crippen LogP contribution in [-0.4, -0.2) is 36.0 Å². The molecule has 0 saturated carbocycles. The Bertz CT molecular complexity index is 173. The fourth-order valence-corrected chi connectivity index (χ4v) is 2.35. The largest absolute Gasteiger partial charge is 0.401 e. The third-order valence-corrected chi connectivity index (χ3v) is 2.94. The van der Waals surface area contributed by atoms with Crippen LogP contribution in [-0.2, 0) is 0 Å². The van der Waals surface area contributed by atoms with Gasteiger partial charge in [0.2, 0.25) is 0 Å². The van der Waals surface area contributed by atoms with Crippen molar-refractivity contribution in [1.29, 1.82) is 0 Å². The third kappa shape index (κ3) is 9.46. The van der Waals surface area contributed by atoms with E-state index in [2.05, 4.69) is 22.9 Å². The highest BCUT2D eigenvalue weighted by molar-refractivity contribution is 9.09. The van der Waals surface area contributed by atoms with Gasteiger partial charge in [-0.05, 0) is 38.3 Å². The molecular weight excluding hydrogens is 283 g/mol. The highest BCUT2D eigenvalue weighted by Gasteiger charge is 2.30. The Labute approximate surface area is 105 Å². The quantitative estimate of drug-likeness (QED) is 0.611. The molecule has 0 aromatic rings. The zero-order valence-electron chi connectivity index (χ0n) is 9.99. The predicted molar refractivity (Wildman–Crippen MR) is 65.0 cm³/mol. The second-order valence-electron chi connectivity index (χ2n) is 4.26. The maximum atomic E-state index is 12.3. The molecule has 0 amide bonds. The SMILES string of the molecule is CCCN(CCC(C)CCBr)CC(F)(F)F. The number of halogens is 4. The van der Waals surface area contributed by atoms with E-state index in [-0.39, 0.29) is 0 Å². The summed E-state index contributed by atoms with van der Waals surface area (Å²) < 4.78 is 36.8. The first-order valence-electron chi connectivity index (χ1n) is 5.74. The van der Waals surface area contributed by atoms with Crippen molar-refractivity contribution in [2.45, 2.75) is 39.3 Å². The van der Waals surface area contributed by atoms with Crippen LogP contribution >= 0.6 is 15.9 Å². The molecule has 0 aliphatic heterocycles. The fourth-order valence-electron chi connectivity index (χ4n) is 1.57. The highest BCUT2D eigenvalue weighted by atomic mass is 79.9. The molecule has 0 radical (unpaired) electrons. The second-order valence-corrected chi connectivity index (χ2v) is 5.06. The average molecular weight is 304 g/mol. The summed E-state index contributed by atoms with van der Waals surface area (Å²) in [4.78, 5) is 1.50. The lowest BCUT2D eigenvalue weighted by Crippen LogP contribution is -2.36. The standard InChI is InChI=1S/C11H21BrF3N/c1-3-7-16(9-11(13,14)15)8-5-10(2)4-6-12/h10H,3-9H2,1-2H3. The van der Waals surface area contributed by atoms with Crippen LogP contribution in [0.4, 0.5) is 13.2 Å². The van der Waals surface area contributed by atoms with Crippen molar-refractivity contribution >= 4 is 15.9 Å². The van der Waals surface area contributed by atoms with Crippen LogP contribution in [0.5, 0.6) is 0 Å². The zero-order chi connectivity index (χ0) is 12.6. The summed E-state index contributed by atoms with van der Waals surface area (Å²) in [5.41, 5.74) is 0. The van der Waals surface area contributed by atoms with E-state index < -0.39 is 12.7 Å². The molecule has 0 aromatic heterocycles. The van der Waals surface area contributed by atoms with Gasteiger partial charge in [0.05, 0.1) is 6.54 Å². The van der Waals surface area contributed by atoms with Crippen molar-refractivity contribution in [1.82, 2.24) is 4.90 Å². The first-order chi connectivity index (χ1) is 7.39. The monoisotopic (exact) mass is 303 g/mol. The first kappa shape index (κ1) is 16.2. The molecule has 1 nitrogen and oxygen atoms in total. The van der Waals surface area contributed by atoms with Crippen molar-refractivity contribution in [3.63, 3.8) is 0 Å². The summed E-state index contributed by atoms with van der Waals surface area (Å²) in [7, 11) is 0. The summed E-state index contributed by atoms with van der Waals surface area (Å²) in [5, 5.41) is 0.918. The summed E-state index contributed by atoms with van der Waals surface area (Å²) >= 11 is 3.34. The van der Waals surface area contributed by atoms with E-state index in [1.165, 1.54) is 4.90 Å². The van der Waals surface area contributed by atoms with Gasteiger partial charge < -0.3 is 0 Å². The van der Waals surface area contributed by atoms with Crippen molar-refractivity contribution in [3.8, 4) is 0 Å². The number of nitrogens with zero attached hydrogens (tertiary/aromatic N) is 1. The van der Waals surface area contributed by atoms with Crippen LogP contribution < -0.4 is 0 Å². The molecule has 0 aromatic carbocycles. The van der Waals surface area contributed by atoms with Crippen LogP contribution in [0.25, 0.3) is 0 Å². The molecule has 16 heavy (non-hydrogen) atoms. The van der Waals surface area contributed by atoms with Gasteiger partial charge in [-0.3, -0.25) is 4.90 Å². The smallest absolute Gasteiger partial charge is 0.295 e.